The number of halogens is 11. The molecular weight excluding hydrogens is 447 g/mol. The Kier molecular flexibility index (Phi) is 6.96. The number of nitrogens with zero attached hydrogens (tertiary/aromatic N) is 1. The molecule has 14 heteroatoms. The van der Waals surface area contributed by atoms with Crippen LogP contribution in [0.1, 0.15) is 26.7 Å². The van der Waals surface area contributed by atoms with Crippen molar-refractivity contribution in [2.24, 2.45) is 0 Å². The van der Waals surface area contributed by atoms with E-state index < -0.39 is 80.2 Å². The molecule has 0 aliphatic carbocycles. The summed E-state index contributed by atoms with van der Waals surface area (Å²) < 4.78 is 155. The maximum atomic E-state index is 14.8. The van der Waals surface area contributed by atoms with Crippen LogP contribution in [0.2, 0.25) is 0 Å². The second kappa shape index (κ2) is 8.23. The van der Waals surface area contributed by atoms with Crippen molar-refractivity contribution in [3.8, 4) is 0 Å². The van der Waals surface area contributed by atoms with Crippen LogP contribution < -0.4 is 0 Å². The molecule has 2 saturated heterocycles. The highest BCUT2D eigenvalue weighted by Crippen LogP contribution is 2.45. The topological polar surface area (TPSA) is 21.7 Å². The molecule has 0 radical (unpaired) electrons. The Balaban J connectivity index is 2.12. The molecular formula is C16H20F11NO2. The molecule has 6 atom stereocenters. The monoisotopic (exact) mass is 467 g/mol. The van der Waals surface area contributed by atoms with Crippen LogP contribution in [0.5, 0.6) is 0 Å². The van der Waals surface area contributed by atoms with Gasteiger partial charge in [0.05, 0.1) is 12.1 Å². The molecule has 0 bridgehead atoms. The number of hydrogen-bond acceptors (Lipinski definition) is 3. The lowest BCUT2D eigenvalue weighted by atomic mass is 9.98. The first kappa shape index (κ1) is 25.4. The molecule has 0 aromatic heterocycles. The molecule has 0 N–H and O–H groups in total. The van der Waals surface area contributed by atoms with Crippen LogP contribution in [0.25, 0.3) is 0 Å². The Hall–Kier alpha value is -0.890. The Morgan fingerprint density at radius 1 is 0.767 bits per heavy atom. The highest BCUT2D eigenvalue weighted by molar-refractivity contribution is 4.99. The van der Waals surface area contributed by atoms with E-state index in [4.69, 9.17) is 4.74 Å². The van der Waals surface area contributed by atoms with Gasteiger partial charge in [-0.3, -0.25) is 4.90 Å². The highest BCUT2D eigenvalue weighted by atomic mass is 19.4. The molecule has 2 aliphatic heterocycles. The van der Waals surface area contributed by atoms with Gasteiger partial charge in [-0.1, -0.05) is 0 Å². The largest absolute Gasteiger partial charge is 0.425 e. The molecule has 0 spiro atoms. The zero-order chi connectivity index (χ0) is 23.3. The SMILES string of the molecule is CC1CN(C(C)C(F)(F)C2CCC(C(F)(F)C(F)C(F)(F)F)O2)CC(C(F)(F)F)O1. The van der Waals surface area contributed by atoms with Crippen molar-refractivity contribution in [3.63, 3.8) is 0 Å². The van der Waals surface area contributed by atoms with E-state index in [1.165, 1.54) is 6.92 Å². The van der Waals surface area contributed by atoms with Crippen molar-refractivity contribution in [2.45, 2.75) is 87.5 Å². The number of morpholine rings is 1. The molecule has 0 saturated carbocycles. The van der Waals surface area contributed by atoms with Gasteiger partial charge in [0.15, 0.2) is 6.10 Å². The third kappa shape index (κ3) is 5.12. The number of ether oxygens (including phenoxy) is 2. The van der Waals surface area contributed by atoms with Crippen molar-refractivity contribution in [1.82, 2.24) is 4.90 Å². The van der Waals surface area contributed by atoms with Crippen LogP contribution in [0.4, 0.5) is 48.3 Å². The summed E-state index contributed by atoms with van der Waals surface area (Å²) >= 11 is 0. The molecule has 178 valence electrons. The van der Waals surface area contributed by atoms with Crippen molar-refractivity contribution in [1.29, 1.82) is 0 Å². The maximum Gasteiger partial charge on any atom is 0.425 e. The molecule has 2 aliphatic rings. The van der Waals surface area contributed by atoms with Crippen molar-refractivity contribution in [2.75, 3.05) is 13.1 Å². The van der Waals surface area contributed by atoms with E-state index in [9.17, 15) is 48.3 Å². The normalized spacial score (nSPS) is 32.3. The third-order valence-corrected chi connectivity index (χ3v) is 5.26. The van der Waals surface area contributed by atoms with Crippen LogP contribution in [0.15, 0.2) is 0 Å². The Morgan fingerprint density at radius 2 is 1.27 bits per heavy atom. The quantitative estimate of drug-likeness (QED) is 0.546. The van der Waals surface area contributed by atoms with E-state index >= 15 is 0 Å². The minimum absolute atomic E-state index is 0.323. The number of rotatable bonds is 5. The first-order chi connectivity index (χ1) is 13.4. The molecule has 0 aromatic carbocycles. The third-order valence-electron chi connectivity index (χ3n) is 5.26. The van der Waals surface area contributed by atoms with Gasteiger partial charge >= 0.3 is 18.3 Å². The summed E-state index contributed by atoms with van der Waals surface area (Å²) in [5.41, 5.74) is 0. The molecule has 2 heterocycles. The fraction of sp³-hybridized carbons (Fsp3) is 1.00. The van der Waals surface area contributed by atoms with E-state index in [1.54, 1.807) is 0 Å². The molecule has 3 nitrogen and oxygen atoms in total. The minimum atomic E-state index is -5.92. The lowest BCUT2D eigenvalue weighted by molar-refractivity contribution is -0.282. The molecule has 30 heavy (non-hydrogen) atoms. The summed E-state index contributed by atoms with van der Waals surface area (Å²) in [6.45, 7) is 0.818. The fourth-order valence-electron chi connectivity index (χ4n) is 3.58. The first-order valence-corrected chi connectivity index (χ1v) is 8.96. The average molecular weight is 467 g/mol. The van der Waals surface area contributed by atoms with E-state index in [0.29, 0.717) is 0 Å². The summed E-state index contributed by atoms with van der Waals surface area (Å²) in [6, 6.07) is -1.94. The van der Waals surface area contributed by atoms with Gasteiger partial charge < -0.3 is 9.47 Å². The van der Waals surface area contributed by atoms with Gasteiger partial charge in [-0.25, -0.2) is 22.0 Å². The summed E-state index contributed by atoms with van der Waals surface area (Å²) in [4.78, 5) is 0.759. The Labute approximate surface area is 164 Å². The maximum absolute atomic E-state index is 14.8. The van der Waals surface area contributed by atoms with Crippen LogP contribution in [-0.2, 0) is 9.47 Å². The van der Waals surface area contributed by atoms with Gasteiger partial charge in [0.25, 0.3) is 12.1 Å². The predicted octanol–water partition coefficient (Wildman–Crippen LogP) is 4.75. The van der Waals surface area contributed by atoms with Crippen molar-refractivity contribution >= 4 is 0 Å². The van der Waals surface area contributed by atoms with Crippen LogP contribution >= 0.6 is 0 Å². The van der Waals surface area contributed by atoms with Gasteiger partial charge in [-0.05, 0) is 26.7 Å². The van der Waals surface area contributed by atoms with Gasteiger partial charge in [0.1, 0.15) is 12.2 Å². The van der Waals surface area contributed by atoms with E-state index in [1.807, 2.05) is 0 Å². The highest BCUT2D eigenvalue weighted by Gasteiger charge is 2.64. The second-order valence-electron chi connectivity index (χ2n) is 7.55. The molecule has 0 amide bonds. The van der Waals surface area contributed by atoms with Crippen LogP contribution in [0.3, 0.4) is 0 Å². The van der Waals surface area contributed by atoms with Gasteiger partial charge in [-0.2, -0.15) is 26.3 Å². The predicted molar refractivity (Wildman–Crippen MR) is 80.2 cm³/mol. The fourth-order valence-corrected chi connectivity index (χ4v) is 3.58. The molecule has 2 fully saturated rings. The van der Waals surface area contributed by atoms with Crippen molar-refractivity contribution < 1.29 is 57.8 Å². The summed E-state index contributed by atoms with van der Waals surface area (Å²) in [6.07, 6.45) is -25.6. The second-order valence-corrected chi connectivity index (χ2v) is 7.55. The zero-order valence-electron chi connectivity index (χ0n) is 15.7. The number of hydrogen-bond donors (Lipinski definition) is 0. The molecule has 0 aromatic rings. The van der Waals surface area contributed by atoms with Gasteiger partial charge in [0.2, 0.25) is 0 Å². The zero-order valence-corrected chi connectivity index (χ0v) is 15.7. The van der Waals surface area contributed by atoms with E-state index in [2.05, 4.69) is 4.74 Å². The van der Waals surface area contributed by atoms with Crippen molar-refractivity contribution in [3.05, 3.63) is 0 Å². The summed E-state index contributed by atoms with van der Waals surface area (Å²) in [5.74, 6) is -9.09. The minimum Gasteiger partial charge on any atom is -0.363 e. The standard InChI is InChI=1S/C16H20F11NO2/c1-7-5-28(6-11(29-7)15(22,23)24)8(2)13(18,19)9-3-4-10(30-9)14(20,21)12(17)16(25,26)27/h7-12H,3-6H2,1-2H3. The first-order valence-electron chi connectivity index (χ1n) is 8.96. The van der Waals surface area contributed by atoms with E-state index in [0.717, 1.165) is 11.8 Å². The summed E-state index contributed by atoms with van der Waals surface area (Å²) in [5, 5.41) is 0. The number of alkyl halides is 11. The Bertz CT molecular complexity index is 595. The molecule has 6 unspecified atom stereocenters. The van der Waals surface area contributed by atoms with Gasteiger partial charge in [-0.15, -0.1) is 0 Å². The van der Waals surface area contributed by atoms with Crippen LogP contribution in [-0.4, -0.2) is 78.8 Å². The summed E-state index contributed by atoms with van der Waals surface area (Å²) in [7, 11) is 0. The average Bonchev–Trinajstić information content (AvgIpc) is 3.10. The smallest absolute Gasteiger partial charge is 0.363 e. The van der Waals surface area contributed by atoms with Gasteiger partial charge in [0, 0.05) is 13.1 Å². The van der Waals surface area contributed by atoms with Crippen LogP contribution in [0, 0.1) is 0 Å². The van der Waals surface area contributed by atoms with E-state index in [-0.39, 0.29) is 6.54 Å². The molecule has 2 rings (SSSR count). The lowest BCUT2D eigenvalue weighted by Crippen LogP contribution is -2.60. The lowest BCUT2D eigenvalue weighted by Gasteiger charge is -2.43. The Morgan fingerprint density at radius 3 is 1.73 bits per heavy atom.